The third-order valence-corrected chi connectivity index (χ3v) is 5.61. The van der Waals surface area contributed by atoms with Crippen LogP contribution in [0.15, 0.2) is 4.99 Å². The van der Waals surface area contributed by atoms with Gasteiger partial charge in [0.1, 0.15) is 0 Å². The summed E-state index contributed by atoms with van der Waals surface area (Å²) >= 11 is 0. The molecule has 0 unspecified atom stereocenters. The van der Waals surface area contributed by atoms with Crippen LogP contribution in [0.3, 0.4) is 0 Å². The van der Waals surface area contributed by atoms with E-state index in [1.54, 1.807) is 0 Å². The zero-order chi connectivity index (χ0) is 15.4. The van der Waals surface area contributed by atoms with E-state index in [9.17, 15) is 0 Å². The second kappa shape index (κ2) is 7.18. The van der Waals surface area contributed by atoms with Gasteiger partial charge in [0.05, 0.1) is 13.2 Å². The van der Waals surface area contributed by atoms with Crippen LogP contribution < -0.4 is 5.73 Å². The van der Waals surface area contributed by atoms with Crippen LogP contribution in [0.4, 0.5) is 0 Å². The summed E-state index contributed by atoms with van der Waals surface area (Å²) in [6.07, 6.45) is 9.21. The summed E-state index contributed by atoms with van der Waals surface area (Å²) in [5.74, 6) is 0.745. The van der Waals surface area contributed by atoms with E-state index in [0.29, 0.717) is 11.5 Å². The second-order valence-corrected chi connectivity index (χ2v) is 7.47. The standard InChI is InChI=1S/C17H32N4O/c1-20(15-5-6-15)16(18)19-13-17(7-3-2-4-8-17)14-21-9-11-22-12-10-21/h15H,2-14H2,1H3,(H2,18,19). The molecule has 2 aliphatic carbocycles. The summed E-state index contributed by atoms with van der Waals surface area (Å²) < 4.78 is 5.49. The van der Waals surface area contributed by atoms with Crippen molar-refractivity contribution in [3.05, 3.63) is 0 Å². The van der Waals surface area contributed by atoms with Gasteiger partial charge in [-0.3, -0.25) is 9.89 Å². The molecule has 0 spiro atoms. The molecular formula is C17H32N4O. The lowest BCUT2D eigenvalue weighted by Crippen LogP contribution is -2.46. The first-order chi connectivity index (χ1) is 10.7. The molecule has 5 heteroatoms. The van der Waals surface area contributed by atoms with Crippen molar-refractivity contribution < 1.29 is 4.74 Å². The van der Waals surface area contributed by atoms with Crippen molar-refractivity contribution in [2.45, 2.75) is 51.0 Å². The number of hydrogen-bond acceptors (Lipinski definition) is 3. The molecule has 0 amide bonds. The summed E-state index contributed by atoms with van der Waals surface area (Å²) in [7, 11) is 2.09. The Morgan fingerprint density at radius 1 is 1.23 bits per heavy atom. The van der Waals surface area contributed by atoms with Crippen LogP contribution in [0.5, 0.6) is 0 Å². The molecule has 2 N–H and O–H groups in total. The maximum absolute atomic E-state index is 6.21. The minimum atomic E-state index is 0.338. The molecule has 0 radical (unpaired) electrons. The zero-order valence-corrected chi connectivity index (χ0v) is 14.1. The van der Waals surface area contributed by atoms with Crippen LogP contribution in [-0.2, 0) is 4.74 Å². The summed E-state index contributed by atoms with van der Waals surface area (Å²) in [5, 5.41) is 0. The predicted molar refractivity (Wildman–Crippen MR) is 90.1 cm³/mol. The van der Waals surface area contributed by atoms with Gasteiger partial charge in [-0.2, -0.15) is 0 Å². The lowest BCUT2D eigenvalue weighted by atomic mass is 9.73. The fraction of sp³-hybridized carbons (Fsp3) is 0.941. The van der Waals surface area contributed by atoms with Gasteiger partial charge in [-0.25, -0.2) is 0 Å². The van der Waals surface area contributed by atoms with E-state index in [2.05, 4.69) is 16.8 Å². The van der Waals surface area contributed by atoms with Gasteiger partial charge in [0.2, 0.25) is 0 Å². The first kappa shape index (κ1) is 16.1. The fourth-order valence-corrected chi connectivity index (χ4v) is 3.91. The zero-order valence-electron chi connectivity index (χ0n) is 14.1. The molecule has 5 nitrogen and oxygen atoms in total. The molecular weight excluding hydrogens is 276 g/mol. The number of aliphatic imine (C=N–C) groups is 1. The van der Waals surface area contributed by atoms with Crippen molar-refractivity contribution in [3.8, 4) is 0 Å². The van der Waals surface area contributed by atoms with Crippen LogP contribution in [0.25, 0.3) is 0 Å². The molecule has 1 heterocycles. The van der Waals surface area contributed by atoms with Crippen molar-refractivity contribution in [1.29, 1.82) is 0 Å². The molecule has 0 bridgehead atoms. The third-order valence-electron chi connectivity index (χ3n) is 5.61. The molecule has 126 valence electrons. The SMILES string of the molecule is CN(C(N)=NCC1(CN2CCOCC2)CCCCC1)C1CC1. The van der Waals surface area contributed by atoms with E-state index in [1.165, 1.54) is 51.5 Å². The van der Waals surface area contributed by atoms with Gasteiger partial charge in [0.15, 0.2) is 5.96 Å². The Bertz CT molecular complexity index is 382. The van der Waals surface area contributed by atoms with Gasteiger partial charge < -0.3 is 15.4 Å². The maximum atomic E-state index is 6.21. The number of nitrogens with zero attached hydrogens (tertiary/aromatic N) is 3. The molecule has 0 atom stereocenters. The first-order valence-corrected chi connectivity index (χ1v) is 9.01. The second-order valence-electron chi connectivity index (χ2n) is 7.47. The van der Waals surface area contributed by atoms with Crippen LogP contribution in [0.2, 0.25) is 0 Å². The number of morpholine rings is 1. The molecule has 2 saturated carbocycles. The van der Waals surface area contributed by atoms with E-state index in [4.69, 9.17) is 15.5 Å². The molecule has 0 aromatic heterocycles. The summed E-state index contributed by atoms with van der Waals surface area (Å²) in [6, 6.07) is 0.644. The molecule has 0 aromatic carbocycles. The van der Waals surface area contributed by atoms with Gasteiger partial charge in [-0.05, 0) is 25.7 Å². The van der Waals surface area contributed by atoms with Gasteiger partial charge in [0, 0.05) is 44.7 Å². The van der Waals surface area contributed by atoms with E-state index in [0.717, 1.165) is 38.8 Å². The number of hydrogen-bond donors (Lipinski definition) is 1. The molecule has 3 aliphatic rings. The Balaban J connectivity index is 1.61. The first-order valence-electron chi connectivity index (χ1n) is 9.01. The van der Waals surface area contributed by atoms with Crippen molar-refractivity contribution in [2.24, 2.45) is 16.1 Å². The molecule has 0 aromatic rings. The van der Waals surface area contributed by atoms with Crippen LogP contribution in [0.1, 0.15) is 44.9 Å². The molecule has 1 aliphatic heterocycles. The van der Waals surface area contributed by atoms with Gasteiger partial charge >= 0.3 is 0 Å². The number of rotatable bonds is 5. The lowest BCUT2D eigenvalue weighted by molar-refractivity contribution is 0.00935. The van der Waals surface area contributed by atoms with Gasteiger partial charge in [-0.1, -0.05) is 19.3 Å². The quantitative estimate of drug-likeness (QED) is 0.620. The minimum Gasteiger partial charge on any atom is -0.379 e. The number of nitrogens with two attached hydrogens (primary N) is 1. The van der Waals surface area contributed by atoms with Gasteiger partial charge in [-0.15, -0.1) is 0 Å². The lowest BCUT2D eigenvalue weighted by Gasteiger charge is -2.41. The fourth-order valence-electron chi connectivity index (χ4n) is 3.91. The highest BCUT2D eigenvalue weighted by molar-refractivity contribution is 5.78. The normalized spacial score (nSPS) is 26.9. The Hall–Kier alpha value is -0.810. The Kier molecular flexibility index (Phi) is 5.24. The highest BCUT2D eigenvalue weighted by atomic mass is 16.5. The van der Waals surface area contributed by atoms with Crippen LogP contribution >= 0.6 is 0 Å². The Morgan fingerprint density at radius 3 is 2.55 bits per heavy atom. The number of ether oxygens (including phenoxy) is 1. The van der Waals surface area contributed by atoms with Crippen molar-refractivity contribution in [3.63, 3.8) is 0 Å². The van der Waals surface area contributed by atoms with Gasteiger partial charge in [0.25, 0.3) is 0 Å². The largest absolute Gasteiger partial charge is 0.379 e. The number of guanidine groups is 1. The van der Waals surface area contributed by atoms with Crippen molar-refractivity contribution >= 4 is 5.96 Å². The predicted octanol–water partition coefficient (Wildman–Crippen LogP) is 1.68. The maximum Gasteiger partial charge on any atom is 0.191 e. The topological polar surface area (TPSA) is 54.1 Å². The minimum absolute atomic E-state index is 0.338. The van der Waals surface area contributed by atoms with Crippen molar-refractivity contribution in [1.82, 2.24) is 9.80 Å². The third kappa shape index (κ3) is 4.13. The monoisotopic (exact) mass is 308 g/mol. The molecule has 22 heavy (non-hydrogen) atoms. The van der Waals surface area contributed by atoms with E-state index in [1.807, 2.05) is 0 Å². The summed E-state index contributed by atoms with van der Waals surface area (Å²) in [5.41, 5.74) is 6.55. The van der Waals surface area contributed by atoms with Crippen LogP contribution in [-0.4, -0.2) is 68.2 Å². The van der Waals surface area contributed by atoms with E-state index >= 15 is 0 Å². The Morgan fingerprint density at radius 2 is 1.91 bits per heavy atom. The summed E-state index contributed by atoms with van der Waals surface area (Å²) in [6.45, 7) is 5.97. The molecule has 1 saturated heterocycles. The van der Waals surface area contributed by atoms with Crippen molar-refractivity contribution in [2.75, 3.05) is 46.4 Å². The average molecular weight is 308 g/mol. The average Bonchev–Trinajstić information content (AvgIpc) is 3.39. The molecule has 3 rings (SSSR count). The smallest absolute Gasteiger partial charge is 0.191 e. The molecule has 3 fully saturated rings. The van der Waals surface area contributed by atoms with E-state index < -0.39 is 0 Å². The van der Waals surface area contributed by atoms with Crippen LogP contribution in [0, 0.1) is 5.41 Å². The highest BCUT2D eigenvalue weighted by Gasteiger charge is 2.35. The van der Waals surface area contributed by atoms with E-state index in [-0.39, 0.29) is 0 Å². The Labute approximate surface area is 134 Å². The highest BCUT2D eigenvalue weighted by Crippen LogP contribution is 2.37. The summed E-state index contributed by atoms with van der Waals surface area (Å²) in [4.78, 5) is 9.56.